The molecule has 0 spiro atoms. The number of aliphatic hydroxyl groups is 1. The van der Waals surface area contributed by atoms with Gasteiger partial charge in [0.2, 0.25) is 0 Å². The summed E-state index contributed by atoms with van der Waals surface area (Å²) in [6.45, 7) is 1.36. The number of carbonyl (C=O) groups excluding carboxylic acids is 1. The molecule has 9 heteroatoms. The summed E-state index contributed by atoms with van der Waals surface area (Å²) in [4.78, 5) is 13.1. The van der Waals surface area contributed by atoms with Gasteiger partial charge in [-0.15, -0.1) is 0 Å². The van der Waals surface area contributed by atoms with Gasteiger partial charge in [-0.25, -0.2) is 9.18 Å². The van der Waals surface area contributed by atoms with E-state index in [0.717, 1.165) is 23.1 Å². The number of urea groups is 1. The Bertz CT molecular complexity index is 556. The van der Waals surface area contributed by atoms with Gasteiger partial charge in [-0.05, 0) is 26.0 Å². The van der Waals surface area contributed by atoms with Crippen molar-refractivity contribution in [1.82, 2.24) is 4.90 Å². The first-order valence-electron chi connectivity index (χ1n) is 6.61. The highest BCUT2D eigenvalue weighted by molar-refractivity contribution is 5.90. The number of anilines is 1. The molecule has 0 aliphatic rings. The lowest BCUT2D eigenvalue weighted by Gasteiger charge is -2.26. The molecule has 0 atom stereocenters. The Labute approximate surface area is 130 Å². The van der Waals surface area contributed by atoms with E-state index in [1.165, 1.54) is 20.9 Å². The molecule has 0 aliphatic carbocycles. The molecule has 23 heavy (non-hydrogen) atoms. The van der Waals surface area contributed by atoms with Crippen molar-refractivity contribution in [3.8, 4) is 5.75 Å². The van der Waals surface area contributed by atoms with Crippen molar-refractivity contribution < 1.29 is 32.2 Å². The van der Waals surface area contributed by atoms with Crippen LogP contribution in [0.25, 0.3) is 0 Å². The van der Waals surface area contributed by atoms with Crippen LogP contribution in [0.3, 0.4) is 0 Å². The van der Waals surface area contributed by atoms with Crippen LogP contribution < -0.4 is 10.1 Å². The molecular formula is C14H18F4N2O3. The number of nitrogens with one attached hydrogen (secondary N) is 1. The van der Waals surface area contributed by atoms with Gasteiger partial charge in [0.1, 0.15) is 11.6 Å². The highest BCUT2D eigenvalue weighted by atomic mass is 19.4. The third-order valence-electron chi connectivity index (χ3n) is 2.55. The smallest absolute Gasteiger partial charge is 0.422 e. The van der Waals surface area contributed by atoms with Gasteiger partial charge in [0, 0.05) is 13.1 Å². The van der Waals surface area contributed by atoms with E-state index >= 15 is 0 Å². The highest BCUT2D eigenvalue weighted by Gasteiger charge is 2.29. The van der Waals surface area contributed by atoms with Gasteiger partial charge in [0.15, 0.2) is 6.61 Å². The molecule has 1 aromatic rings. The van der Waals surface area contributed by atoms with E-state index < -0.39 is 30.2 Å². The van der Waals surface area contributed by atoms with E-state index in [0.29, 0.717) is 0 Å². The number of carbonyl (C=O) groups is 1. The monoisotopic (exact) mass is 338 g/mol. The van der Waals surface area contributed by atoms with Crippen LogP contribution in [-0.4, -0.2) is 48.0 Å². The molecule has 0 bridgehead atoms. The van der Waals surface area contributed by atoms with Crippen molar-refractivity contribution in [1.29, 1.82) is 0 Å². The topological polar surface area (TPSA) is 61.8 Å². The van der Waals surface area contributed by atoms with Crippen LogP contribution in [0.5, 0.6) is 5.75 Å². The molecule has 2 amide bonds. The summed E-state index contributed by atoms with van der Waals surface area (Å²) in [5.41, 5.74) is -1.40. The Morgan fingerprint density at radius 3 is 2.48 bits per heavy atom. The first kappa shape index (κ1) is 19.0. The van der Waals surface area contributed by atoms with E-state index in [4.69, 9.17) is 0 Å². The Hall–Kier alpha value is -2.03. The molecule has 2 N–H and O–H groups in total. The average molecular weight is 338 g/mol. The fourth-order valence-corrected chi connectivity index (χ4v) is 1.75. The van der Waals surface area contributed by atoms with Gasteiger partial charge < -0.3 is 20.1 Å². The minimum atomic E-state index is -4.56. The molecule has 130 valence electrons. The van der Waals surface area contributed by atoms with Crippen LogP contribution in [0.1, 0.15) is 13.8 Å². The third-order valence-corrected chi connectivity index (χ3v) is 2.55. The molecule has 0 aliphatic heterocycles. The fraction of sp³-hybridized carbons (Fsp3) is 0.500. The molecule has 0 heterocycles. The number of alkyl halides is 3. The zero-order valence-electron chi connectivity index (χ0n) is 12.9. The van der Waals surface area contributed by atoms with E-state index in [-0.39, 0.29) is 18.0 Å². The number of amides is 2. The number of likely N-dealkylation sites (N-methyl/N-ethyl adjacent to an activating group) is 1. The molecule has 0 saturated carbocycles. The van der Waals surface area contributed by atoms with E-state index in [1.807, 2.05) is 0 Å². The molecule has 0 fully saturated rings. The lowest BCUT2D eigenvalue weighted by atomic mass is 10.1. The number of hydrogen-bond acceptors (Lipinski definition) is 3. The van der Waals surface area contributed by atoms with Gasteiger partial charge in [0.05, 0.1) is 17.8 Å². The second-order valence-electron chi connectivity index (χ2n) is 5.64. The van der Waals surface area contributed by atoms with Crippen molar-refractivity contribution in [3.05, 3.63) is 24.0 Å². The van der Waals surface area contributed by atoms with Crippen LogP contribution in [0.15, 0.2) is 18.2 Å². The predicted molar refractivity (Wildman–Crippen MR) is 75.9 cm³/mol. The lowest BCUT2D eigenvalue weighted by molar-refractivity contribution is -0.153. The van der Waals surface area contributed by atoms with Crippen LogP contribution in [-0.2, 0) is 0 Å². The molecule has 0 radical (unpaired) electrons. The molecule has 1 rings (SSSR count). The molecular weight excluding hydrogens is 320 g/mol. The SMILES string of the molecule is CN(CC(C)(C)O)C(=O)Nc1cc(F)ccc1OCC(F)(F)F. The van der Waals surface area contributed by atoms with Crippen LogP contribution in [0.4, 0.5) is 28.0 Å². The minimum absolute atomic E-state index is 0.0348. The fourth-order valence-electron chi connectivity index (χ4n) is 1.75. The predicted octanol–water partition coefficient (Wildman–Crippen LogP) is 3.00. The number of benzene rings is 1. The van der Waals surface area contributed by atoms with E-state index in [1.54, 1.807) is 0 Å². The number of nitrogens with zero attached hydrogens (tertiary/aromatic N) is 1. The average Bonchev–Trinajstić information content (AvgIpc) is 2.34. The third kappa shape index (κ3) is 7.18. The van der Waals surface area contributed by atoms with Gasteiger partial charge in [0.25, 0.3) is 0 Å². The molecule has 0 unspecified atom stereocenters. The summed E-state index contributed by atoms with van der Waals surface area (Å²) < 4.78 is 54.4. The second-order valence-corrected chi connectivity index (χ2v) is 5.64. The van der Waals surface area contributed by atoms with E-state index in [9.17, 15) is 27.5 Å². The maximum Gasteiger partial charge on any atom is 0.422 e. The lowest BCUT2D eigenvalue weighted by Crippen LogP contribution is -2.41. The molecule has 1 aromatic carbocycles. The maximum atomic E-state index is 13.3. The van der Waals surface area contributed by atoms with Gasteiger partial charge in [-0.2, -0.15) is 13.2 Å². The Morgan fingerprint density at radius 2 is 1.96 bits per heavy atom. The number of hydrogen-bond donors (Lipinski definition) is 2. The first-order chi connectivity index (χ1) is 10.4. The van der Waals surface area contributed by atoms with Gasteiger partial charge in [-0.1, -0.05) is 0 Å². The Balaban J connectivity index is 2.85. The molecule has 0 aromatic heterocycles. The van der Waals surface area contributed by atoms with Gasteiger partial charge in [-0.3, -0.25) is 0 Å². The number of halogens is 4. The van der Waals surface area contributed by atoms with E-state index in [2.05, 4.69) is 10.1 Å². The largest absolute Gasteiger partial charge is 0.482 e. The number of ether oxygens (including phenoxy) is 1. The zero-order valence-corrected chi connectivity index (χ0v) is 12.9. The van der Waals surface area contributed by atoms with Crippen molar-refractivity contribution in [2.24, 2.45) is 0 Å². The number of rotatable bonds is 5. The van der Waals surface area contributed by atoms with Crippen LogP contribution >= 0.6 is 0 Å². The summed E-state index contributed by atoms with van der Waals surface area (Å²) in [6, 6.07) is 2.03. The normalized spacial score (nSPS) is 12.0. The van der Waals surface area contributed by atoms with Crippen LogP contribution in [0, 0.1) is 5.82 Å². The van der Waals surface area contributed by atoms with Crippen molar-refractivity contribution >= 4 is 11.7 Å². The highest BCUT2D eigenvalue weighted by Crippen LogP contribution is 2.27. The summed E-state index contributed by atoms with van der Waals surface area (Å²) in [7, 11) is 1.38. The Kier molecular flexibility index (Phi) is 5.81. The van der Waals surface area contributed by atoms with Crippen LogP contribution in [0.2, 0.25) is 0 Å². The maximum absolute atomic E-state index is 13.3. The molecule has 0 saturated heterocycles. The van der Waals surface area contributed by atoms with Crippen molar-refractivity contribution in [2.75, 3.05) is 25.5 Å². The first-order valence-corrected chi connectivity index (χ1v) is 6.61. The molecule has 5 nitrogen and oxygen atoms in total. The summed E-state index contributed by atoms with van der Waals surface area (Å²) in [6.07, 6.45) is -4.56. The standard InChI is InChI=1S/C14H18F4N2O3/c1-13(2,22)7-20(3)12(21)19-10-6-9(15)4-5-11(10)23-8-14(16,17)18/h4-6,22H,7-8H2,1-3H3,(H,19,21). The zero-order chi connectivity index (χ0) is 17.8. The second kappa shape index (κ2) is 7.03. The summed E-state index contributed by atoms with van der Waals surface area (Å²) >= 11 is 0. The van der Waals surface area contributed by atoms with Gasteiger partial charge >= 0.3 is 12.2 Å². The van der Waals surface area contributed by atoms with Crippen molar-refractivity contribution in [2.45, 2.75) is 25.6 Å². The van der Waals surface area contributed by atoms with Crippen molar-refractivity contribution in [3.63, 3.8) is 0 Å². The summed E-state index contributed by atoms with van der Waals surface area (Å²) in [5, 5.41) is 11.9. The Morgan fingerprint density at radius 1 is 1.35 bits per heavy atom. The summed E-state index contributed by atoms with van der Waals surface area (Å²) in [5.74, 6) is -1.06. The minimum Gasteiger partial charge on any atom is -0.482 e. The quantitative estimate of drug-likeness (QED) is 0.812.